The van der Waals surface area contributed by atoms with E-state index in [1.807, 2.05) is 23.6 Å². The number of nitrogens with one attached hydrogen (secondary N) is 1. The van der Waals surface area contributed by atoms with Gasteiger partial charge >= 0.3 is 0 Å². The number of likely N-dealkylation sites (tertiary alicyclic amines) is 1. The van der Waals surface area contributed by atoms with Crippen LogP contribution in [0.2, 0.25) is 0 Å². The number of piperazine rings is 1. The number of carbonyl (C=O) groups is 1. The van der Waals surface area contributed by atoms with Gasteiger partial charge in [0.05, 0.1) is 10.6 Å². The predicted molar refractivity (Wildman–Crippen MR) is 85.2 cm³/mol. The molecule has 5 nitrogen and oxygen atoms in total. The first-order chi connectivity index (χ1) is 10.7. The number of rotatable bonds is 3. The molecular weight excluding hydrogens is 298 g/mol. The first kappa shape index (κ1) is 14.6. The Bertz CT molecular complexity index is 568. The van der Waals surface area contributed by atoms with Crippen LogP contribution in [0.1, 0.15) is 54.8 Å². The molecule has 3 heterocycles. The number of fused-ring (bicyclic) bond motifs is 2. The van der Waals surface area contributed by atoms with Crippen LogP contribution in [0.15, 0.2) is 9.42 Å². The van der Waals surface area contributed by atoms with Crippen LogP contribution in [-0.4, -0.2) is 46.4 Å². The molecule has 1 aliphatic carbocycles. The Balaban J connectivity index is 1.53. The summed E-state index contributed by atoms with van der Waals surface area (Å²) in [5.41, 5.74) is 0.862. The first-order valence-electron chi connectivity index (χ1n) is 8.39. The Labute approximate surface area is 135 Å². The van der Waals surface area contributed by atoms with E-state index in [1.165, 1.54) is 32.1 Å². The van der Waals surface area contributed by atoms with Crippen LogP contribution < -0.4 is 5.32 Å². The van der Waals surface area contributed by atoms with E-state index in [0.717, 1.165) is 30.1 Å². The van der Waals surface area contributed by atoms with Crippen molar-refractivity contribution in [2.24, 2.45) is 0 Å². The third-order valence-corrected chi connectivity index (χ3v) is 6.68. The Morgan fingerprint density at radius 1 is 1.36 bits per heavy atom. The second kappa shape index (κ2) is 5.89. The summed E-state index contributed by atoms with van der Waals surface area (Å²) in [4.78, 5) is 15.8. The first-order valence-corrected chi connectivity index (χ1v) is 9.27. The van der Waals surface area contributed by atoms with Crippen molar-refractivity contribution in [3.05, 3.63) is 11.5 Å². The smallest absolute Gasteiger partial charge is 0.294 e. The van der Waals surface area contributed by atoms with Crippen molar-refractivity contribution < 1.29 is 9.32 Å². The molecule has 0 aromatic carbocycles. The molecule has 1 N–H and O–H groups in total. The van der Waals surface area contributed by atoms with Gasteiger partial charge in [-0.1, -0.05) is 24.4 Å². The summed E-state index contributed by atoms with van der Waals surface area (Å²) in [7, 11) is 0. The van der Waals surface area contributed by atoms with E-state index in [9.17, 15) is 4.79 Å². The van der Waals surface area contributed by atoms with Crippen LogP contribution in [0.5, 0.6) is 0 Å². The lowest BCUT2D eigenvalue weighted by atomic mass is 10.0. The fraction of sp³-hybridized carbons (Fsp3) is 0.750. The zero-order valence-corrected chi connectivity index (χ0v) is 13.8. The highest BCUT2D eigenvalue weighted by molar-refractivity contribution is 8.00. The number of amides is 1. The zero-order chi connectivity index (χ0) is 15.1. The van der Waals surface area contributed by atoms with E-state index in [2.05, 4.69) is 10.5 Å². The average molecular weight is 321 g/mol. The maximum absolute atomic E-state index is 12.9. The Kier molecular flexibility index (Phi) is 3.90. The number of carbonyl (C=O) groups excluding carboxylic acids is 1. The monoisotopic (exact) mass is 321 g/mol. The minimum atomic E-state index is 0.0351. The van der Waals surface area contributed by atoms with E-state index in [1.54, 1.807) is 0 Å². The molecule has 2 bridgehead atoms. The summed E-state index contributed by atoms with van der Waals surface area (Å²) >= 11 is 1.81. The number of nitrogens with zero attached hydrogens (tertiary/aromatic N) is 2. The predicted octanol–water partition coefficient (Wildman–Crippen LogP) is 2.59. The molecule has 4 rings (SSSR count). The molecule has 0 spiro atoms. The van der Waals surface area contributed by atoms with E-state index in [0.29, 0.717) is 23.1 Å². The molecule has 120 valence electrons. The number of aromatic nitrogens is 1. The summed E-state index contributed by atoms with van der Waals surface area (Å²) in [5.74, 6) is 0.508. The molecule has 6 heteroatoms. The van der Waals surface area contributed by atoms with Crippen molar-refractivity contribution in [1.82, 2.24) is 15.4 Å². The lowest BCUT2D eigenvalue weighted by Crippen LogP contribution is -2.46. The van der Waals surface area contributed by atoms with Crippen molar-refractivity contribution in [1.29, 1.82) is 0 Å². The number of hydrogen-bond donors (Lipinski definition) is 1. The largest absolute Gasteiger partial charge is 0.350 e. The van der Waals surface area contributed by atoms with Gasteiger partial charge in [-0.25, -0.2) is 0 Å². The molecule has 2 atom stereocenters. The van der Waals surface area contributed by atoms with E-state index >= 15 is 0 Å². The second-order valence-electron chi connectivity index (χ2n) is 6.76. The standard InChI is InChI=1S/C16H23N3O2S/c1-10-15(22-13-5-3-2-4-6-13)14(21-18-10)16(20)19-9-11-7-12(19)8-17-11/h11-13,17H,2-9H2,1H3/t11-,12-/m1/s1. The lowest BCUT2D eigenvalue weighted by Gasteiger charge is -2.27. The summed E-state index contributed by atoms with van der Waals surface area (Å²) in [5, 5.41) is 8.12. The Morgan fingerprint density at radius 2 is 2.18 bits per heavy atom. The maximum atomic E-state index is 12.9. The molecule has 1 aromatic heterocycles. The van der Waals surface area contributed by atoms with Crippen molar-refractivity contribution in [3.8, 4) is 0 Å². The summed E-state index contributed by atoms with van der Waals surface area (Å²) in [6.07, 6.45) is 7.49. The van der Waals surface area contributed by atoms with Gasteiger partial charge in [-0.3, -0.25) is 4.79 Å². The van der Waals surface area contributed by atoms with Gasteiger partial charge < -0.3 is 14.7 Å². The lowest BCUT2D eigenvalue weighted by molar-refractivity contribution is 0.0669. The van der Waals surface area contributed by atoms with Crippen molar-refractivity contribution >= 4 is 17.7 Å². The highest BCUT2D eigenvalue weighted by Crippen LogP contribution is 2.38. The molecule has 2 aliphatic heterocycles. The Hall–Kier alpha value is -1.01. The van der Waals surface area contributed by atoms with Gasteiger partial charge in [0.25, 0.3) is 5.91 Å². The van der Waals surface area contributed by atoms with Gasteiger partial charge in [-0.05, 0) is 26.2 Å². The van der Waals surface area contributed by atoms with Crippen molar-refractivity contribution in [2.75, 3.05) is 13.1 Å². The third-order valence-electron chi connectivity index (χ3n) is 5.16. The molecular formula is C16H23N3O2S. The molecule has 22 heavy (non-hydrogen) atoms. The molecule has 3 fully saturated rings. The van der Waals surface area contributed by atoms with Crippen LogP contribution in [-0.2, 0) is 0 Å². The molecule has 1 saturated carbocycles. The highest BCUT2D eigenvalue weighted by Gasteiger charge is 2.42. The number of hydrogen-bond acceptors (Lipinski definition) is 5. The van der Waals surface area contributed by atoms with Gasteiger partial charge in [0.2, 0.25) is 5.76 Å². The topological polar surface area (TPSA) is 58.4 Å². The molecule has 1 aromatic rings. The van der Waals surface area contributed by atoms with E-state index in [-0.39, 0.29) is 5.91 Å². The van der Waals surface area contributed by atoms with Gasteiger partial charge in [0.1, 0.15) is 0 Å². The highest BCUT2D eigenvalue weighted by atomic mass is 32.2. The minimum Gasteiger partial charge on any atom is -0.350 e. The summed E-state index contributed by atoms with van der Waals surface area (Å²) in [6, 6.07) is 0.794. The average Bonchev–Trinajstić information content (AvgIpc) is 3.25. The van der Waals surface area contributed by atoms with Crippen LogP contribution in [0.25, 0.3) is 0 Å². The SMILES string of the molecule is Cc1noc(C(=O)N2C[C@H]3C[C@@H]2CN3)c1SC1CCCCC1. The molecule has 3 aliphatic rings. The Morgan fingerprint density at radius 3 is 2.86 bits per heavy atom. The number of thioether (sulfide) groups is 1. The number of aryl methyl sites for hydroxylation is 1. The van der Waals surface area contributed by atoms with Crippen LogP contribution >= 0.6 is 11.8 Å². The zero-order valence-electron chi connectivity index (χ0n) is 13.0. The van der Waals surface area contributed by atoms with Gasteiger partial charge in [0.15, 0.2) is 0 Å². The van der Waals surface area contributed by atoms with E-state index in [4.69, 9.17) is 4.52 Å². The molecule has 2 saturated heterocycles. The quantitative estimate of drug-likeness (QED) is 0.927. The summed E-state index contributed by atoms with van der Waals surface area (Å²) in [6.45, 7) is 3.66. The fourth-order valence-corrected chi connectivity index (χ4v) is 5.27. The molecule has 1 amide bonds. The third kappa shape index (κ3) is 2.56. The molecule has 0 unspecified atom stereocenters. The molecule has 0 radical (unpaired) electrons. The van der Waals surface area contributed by atoms with Crippen molar-refractivity contribution in [3.63, 3.8) is 0 Å². The van der Waals surface area contributed by atoms with Crippen LogP contribution in [0, 0.1) is 6.92 Å². The van der Waals surface area contributed by atoms with Crippen molar-refractivity contribution in [2.45, 2.75) is 67.7 Å². The minimum absolute atomic E-state index is 0.0351. The fourth-order valence-electron chi connectivity index (χ4n) is 3.93. The van der Waals surface area contributed by atoms with E-state index < -0.39 is 0 Å². The maximum Gasteiger partial charge on any atom is 0.294 e. The van der Waals surface area contributed by atoms with Gasteiger partial charge in [-0.15, -0.1) is 11.8 Å². The normalized spacial score (nSPS) is 28.5. The second-order valence-corrected chi connectivity index (χ2v) is 8.07. The van der Waals surface area contributed by atoms with Gasteiger partial charge in [-0.2, -0.15) is 0 Å². The van der Waals surface area contributed by atoms with Crippen LogP contribution in [0.4, 0.5) is 0 Å². The summed E-state index contributed by atoms with van der Waals surface area (Å²) < 4.78 is 5.44. The van der Waals surface area contributed by atoms with Gasteiger partial charge in [0, 0.05) is 30.4 Å². The van der Waals surface area contributed by atoms with Crippen LogP contribution in [0.3, 0.4) is 0 Å².